The molecule has 0 aliphatic carbocycles. The molecule has 2 aromatic rings. The molecule has 23 heavy (non-hydrogen) atoms. The highest BCUT2D eigenvalue weighted by molar-refractivity contribution is 6.31. The van der Waals surface area contributed by atoms with Crippen molar-refractivity contribution in [2.45, 2.75) is 20.8 Å². The van der Waals surface area contributed by atoms with Gasteiger partial charge in [-0.1, -0.05) is 31.5 Å². The first-order valence-corrected chi connectivity index (χ1v) is 7.77. The highest BCUT2D eigenvalue weighted by Gasteiger charge is 2.28. The van der Waals surface area contributed by atoms with E-state index in [1.807, 2.05) is 32.9 Å². The number of rotatable bonds is 1. The number of fused-ring (bicyclic) bond motifs is 1. The van der Waals surface area contributed by atoms with Gasteiger partial charge in [0.15, 0.2) is 0 Å². The Morgan fingerprint density at radius 1 is 1.30 bits per heavy atom. The summed E-state index contributed by atoms with van der Waals surface area (Å²) in [6.07, 6.45) is 1.28. The summed E-state index contributed by atoms with van der Waals surface area (Å²) >= 11 is 6.13. The molecule has 0 saturated carbocycles. The molecule has 122 valence electrons. The monoisotopic (exact) mass is 334 g/mol. The molecule has 2 heterocycles. The molecule has 6 nitrogen and oxygen atoms in total. The fourth-order valence-corrected chi connectivity index (χ4v) is 2.33. The van der Waals surface area contributed by atoms with Gasteiger partial charge >= 0.3 is 0 Å². The van der Waals surface area contributed by atoms with Crippen LogP contribution in [0.3, 0.4) is 0 Å². The maximum atomic E-state index is 12.7. The molecule has 1 aromatic carbocycles. The van der Waals surface area contributed by atoms with Gasteiger partial charge in [0.25, 0.3) is 5.91 Å². The van der Waals surface area contributed by atoms with E-state index >= 15 is 0 Å². The number of hydrogen-bond donors (Lipinski definition) is 1. The molecule has 0 spiro atoms. The SMILES string of the molecule is CC.Cc1ccc(N2CCOc3ncnc(N)c3C2=O)cc1Cl. The van der Waals surface area contributed by atoms with E-state index in [4.69, 9.17) is 22.1 Å². The molecule has 1 amide bonds. The van der Waals surface area contributed by atoms with Gasteiger partial charge in [-0.05, 0) is 24.6 Å². The second-order valence-electron chi connectivity index (χ2n) is 4.68. The third-order valence-corrected chi connectivity index (χ3v) is 3.73. The van der Waals surface area contributed by atoms with E-state index in [1.165, 1.54) is 6.33 Å². The molecule has 0 atom stereocenters. The lowest BCUT2D eigenvalue weighted by molar-refractivity contribution is 0.0990. The quantitative estimate of drug-likeness (QED) is 0.866. The van der Waals surface area contributed by atoms with Gasteiger partial charge in [0.1, 0.15) is 24.3 Å². The van der Waals surface area contributed by atoms with E-state index < -0.39 is 0 Å². The molecule has 0 radical (unpaired) electrons. The highest BCUT2D eigenvalue weighted by atomic mass is 35.5. The third-order valence-electron chi connectivity index (χ3n) is 3.32. The van der Waals surface area contributed by atoms with Crippen LogP contribution in [0.4, 0.5) is 11.5 Å². The number of amides is 1. The van der Waals surface area contributed by atoms with E-state index in [-0.39, 0.29) is 23.2 Å². The van der Waals surface area contributed by atoms with E-state index in [2.05, 4.69) is 9.97 Å². The smallest absolute Gasteiger partial charge is 0.267 e. The van der Waals surface area contributed by atoms with Crippen molar-refractivity contribution in [2.24, 2.45) is 0 Å². The summed E-state index contributed by atoms with van der Waals surface area (Å²) in [7, 11) is 0. The number of nitrogens with two attached hydrogens (primary N) is 1. The lowest BCUT2D eigenvalue weighted by Gasteiger charge is -2.20. The molecule has 0 saturated heterocycles. The zero-order valence-electron chi connectivity index (χ0n) is 13.3. The summed E-state index contributed by atoms with van der Waals surface area (Å²) in [5, 5.41) is 0.600. The van der Waals surface area contributed by atoms with Crippen molar-refractivity contribution in [1.82, 2.24) is 9.97 Å². The summed E-state index contributed by atoms with van der Waals surface area (Å²) in [4.78, 5) is 22.1. The van der Waals surface area contributed by atoms with E-state index in [9.17, 15) is 4.79 Å². The van der Waals surface area contributed by atoms with Crippen LogP contribution in [-0.4, -0.2) is 29.0 Å². The van der Waals surface area contributed by atoms with Crippen molar-refractivity contribution >= 4 is 29.0 Å². The van der Waals surface area contributed by atoms with Gasteiger partial charge in [0, 0.05) is 10.7 Å². The number of benzene rings is 1. The van der Waals surface area contributed by atoms with E-state index in [1.54, 1.807) is 11.0 Å². The Morgan fingerprint density at radius 3 is 2.74 bits per heavy atom. The molecule has 1 aliphatic heterocycles. The largest absolute Gasteiger partial charge is 0.475 e. The zero-order valence-corrected chi connectivity index (χ0v) is 14.1. The van der Waals surface area contributed by atoms with Crippen LogP contribution >= 0.6 is 11.6 Å². The van der Waals surface area contributed by atoms with E-state index in [0.29, 0.717) is 23.9 Å². The maximum Gasteiger partial charge on any atom is 0.267 e. The number of ether oxygens (including phenoxy) is 1. The number of nitrogen functional groups attached to an aromatic ring is 1. The Morgan fingerprint density at radius 2 is 2.04 bits per heavy atom. The van der Waals surface area contributed by atoms with Crippen LogP contribution in [0.2, 0.25) is 5.02 Å². The van der Waals surface area contributed by atoms with Crippen molar-refractivity contribution in [3.05, 3.63) is 40.7 Å². The molecule has 3 rings (SSSR count). The fraction of sp³-hybridized carbons (Fsp3) is 0.312. The Hall–Kier alpha value is -2.34. The molecule has 0 bridgehead atoms. The number of carbonyl (C=O) groups excluding carboxylic acids is 1. The highest BCUT2D eigenvalue weighted by Crippen LogP contribution is 2.29. The molecule has 1 aromatic heterocycles. The van der Waals surface area contributed by atoms with Crippen LogP contribution in [0, 0.1) is 6.92 Å². The first kappa shape index (κ1) is 17.0. The molecular formula is C16H19ClN4O2. The topological polar surface area (TPSA) is 81.3 Å². The number of nitrogens with zero attached hydrogens (tertiary/aromatic N) is 3. The van der Waals surface area contributed by atoms with Crippen molar-refractivity contribution in [2.75, 3.05) is 23.8 Å². The summed E-state index contributed by atoms with van der Waals surface area (Å²) in [6.45, 7) is 6.61. The molecule has 0 unspecified atom stereocenters. The van der Waals surface area contributed by atoms with Gasteiger partial charge < -0.3 is 15.4 Å². The lowest BCUT2D eigenvalue weighted by Crippen LogP contribution is -2.32. The summed E-state index contributed by atoms with van der Waals surface area (Å²) in [5.41, 5.74) is 7.61. The number of aromatic nitrogens is 2. The summed E-state index contributed by atoms with van der Waals surface area (Å²) in [6, 6.07) is 5.45. The predicted octanol–water partition coefficient (Wildman–Crippen LogP) is 3.09. The van der Waals surface area contributed by atoms with Crippen LogP contribution in [0.25, 0.3) is 0 Å². The number of anilines is 2. The first-order valence-electron chi connectivity index (χ1n) is 7.39. The van der Waals surface area contributed by atoms with Crippen molar-refractivity contribution in [1.29, 1.82) is 0 Å². The van der Waals surface area contributed by atoms with Gasteiger partial charge in [0.05, 0.1) is 6.54 Å². The van der Waals surface area contributed by atoms with Crippen molar-refractivity contribution in [3.63, 3.8) is 0 Å². The first-order chi connectivity index (χ1) is 11.1. The maximum absolute atomic E-state index is 12.7. The van der Waals surface area contributed by atoms with Crippen LogP contribution in [0.15, 0.2) is 24.5 Å². The minimum absolute atomic E-state index is 0.107. The van der Waals surface area contributed by atoms with Gasteiger partial charge in [0.2, 0.25) is 5.88 Å². The molecule has 1 aliphatic rings. The average molecular weight is 335 g/mol. The third kappa shape index (κ3) is 3.37. The van der Waals surface area contributed by atoms with Crippen LogP contribution in [-0.2, 0) is 0 Å². The van der Waals surface area contributed by atoms with Crippen LogP contribution in [0.1, 0.15) is 29.8 Å². The van der Waals surface area contributed by atoms with Gasteiger partial charge in [-0.25, -0.2) is 9.97 Å². The number of carbonyl (C=O) groups is 1. The molecule has 7 heteroatoms. The minimum atomic E-state index is -0.291. The van der Waals surface area contributed by atoms with Crippen molar-refractivity contribution < 1.29 is 9.53 Å². The fourth-order valence-electron chi connectivity index (χ4n) is 2.16. The van der Waals surface area contributed by atoms with Gasteiger partial charge in [-0.15, -0.1) is 0 Å². The Balaban J connectivity index is 0.000000924. The average Bonchev–Trinajstić information content (AvgIpc) is 2.72. The second kappa shape index (κ2) is 7.28. The Bertz CT molecular complexity index is 721. The van der Waals surface area contributed by atoms with Gasteiger partial charge in [-0.3, -0.25) is 4.79 Å². The lowest BCUT2D eigenvalue weighted by atomic mass is 10.2. The standard InChI is InChI=1S/C14H13ClN4O2.C2H6/c1-8-2-3-9(6-10(8)15)19-4-5-21-13-11(14(19)20)12(16)17-7-18-13;1-2/h2-3,6-7H,4-5H2,1H3,(H2,16,17,18);1-2H3. The molecule has 0 fully saturated rings. The van der Waals surface area contributed by atoms with Gasteiger partial charge in [-0.2, -0.15) is 0 Å². The normalized spacial score (nSPS) is 13.4. The van der Waals surface area contributed by atoms with Crippen molar-refractivity contribution in [3.8, 4) is 5.88 Å². The predicted molar refractivity (Wildman–Crippen MR) is 91.2 cm³/mol. The molecule has 2 N–H and O–H groups in total. The van der Waals surface area contributed by atoms with E-state index in [0.717, 1.165) is 5.56 Å². The Labute approximate surface area is 140 Å². The minimum Gasteiger partial charge on any atom is -0.475 e. The zero-order chi connectivity index (χ0) is 17.0. The second-order valence-corrected chi connectivity index (χ2v) is 5.09. The Kier molecular flexibility index (Phi) is 5.39. The summed E-state index contributed by atoms with van der Waals surface area (Å²) in [5.74, 6) is 0.0313. The van der Waals surface area contributed by atoms with Crippen LogP contribution < -0.4 is 15.4 Å². The number of hydrogen-bond acceptors (Lipinski definition) is 5. The molecular weight excluding hydrogens is 316 g/mol. The number of aryl methyl sites for hydroxylation is 1. The summed E-state index contributed by atoms with van der Waals surface area (Å²) < 4.78 is 5.48. The van der Waals surface area contributed by atoms with Crippen LogP contribution in [0.5, 0.6) is 5.88 Å². The number of halogens is 1.